The Morgan fingerprint density at radius 1 is 0.920 bits per heavy atom. The highest BCUT2D eigenvalue weighted by Gasteiger charge is 2.18. The summed E-state index contributed by atoms with van der Waals surface area (Å²) in [6.45, 7) is 0. The number of hydrogen-bond donors (Lipinski definition) is 3. The van der Waals surface area contributed by atoms with Crippen LogP contribution in [-0.2, 0) is 0 Å². The van der Waals surface area contributed by atoms with Crippen LogP contribution in [0.3, 0.4) is 0 Å². The Kier molecular flexibility index (Phi) is 4.57. The van der Waals surface area contributed by atoms with E-state index >= 15 is 0 Å². The van der Waals surface area contributed by atoms with Gasteiger partial charge in [-0.3, -0.25) is 0 Å². The summed E-state index contributed by atoms with van der Waals surface area (Å²) in [5, 5.41) is 21.9. The Labute approximate surface area is 145 Å². The minimum Gasteiger partial charge on any atom is -0.508 e. The van der Waals surface area contributed by atoms with Gasteiger partial charge in [-0.2, -0.15) is 0 Å². The summed E-state index contributed by atoms with van der Waals surface area (Å²) >= 11 is 0. The Morgan fingerprint density at radius 2 is 1.60 bits per heavy atom. The Balaban J connectivity index is 2.35. The first-order valence-corrected chi connectivity index (χ1v) is 7.69. The predicted octanol–water partition coefficient (Wildman–Crippen LogP) is 3.83. The molecule has 3 rings (SSSR count). The molecule has 5 nitrogen and oxygen atoms in total. The van der Waals surface area contributed by atoms with E-state index in [4.69, 9.17) is 10.5 Å². The number of nitrogens with zero attached hydrogens (tertiary/aromatic N) is 1. The van der Waals surface area contributed by atoms with Crippen LogP contribution in [0.1, 0.15) is 5.56 Å². The van der Waals surface area contributed by atoms with Gasteiger partial charge in [-0.15, -0.1) is 0 Å². The molecule has 25 heavy (non-hydrogen) atoms. The van der Waals surface area contributed by atoms with Crippen LogP contribution in [-0.4, -0.2) is 23.3 Å². The molecule has 0 bridgehead atoms. The SMILES string of the molecule is COc1ccccc1-c1c(C(N)=NO)cccc1-c1ccc(O)cc1. The summed E-state index contributed by atoms with van der Waals surface area (Å²) in [4.78, 5) is 0. The van der Waals surface area contributed by atoms with E-state index in [0.29, 0.717) is 11.3 Å². The minimum atomic E-state index is 0.0153. The second-order valence-corrected chi connectivity index (χ2v) is 5.46. The lowest BCUT2D eigenvalue weighted by Gasteiger charge is -2.17. The summed E-state index contributed by atoms with van der Waals surface area (Å²) < 4.78 is 5.49. The number of phenols is 1. The monoisotopic (exact) mass is 334 g/mol. The van der Waals surface area contributed by atoms with Crippen LogP contribution in [0.25, 0.3) is 22.3 Å². The van der Waals surface area contributed by atoms with Crippen molar-refractivity contribution < 1.29 is 15.1 Å². The molecule has 0 unspecified atom stereocenters. The Hall–Kier alpha value is -3.47. The summed E-state index contributed by atoms with van der Waals surface area (Å²) in [6, 6.07) is 20.0. The van der Waals surface area contributed by atoms with E-state index < -0.39 is 0 Å². The van der Waals surface area contributed by atoms with Crippen LogP contribution in [0.4, 0.5) is 0 Å². The van der Waals surface area contributed by atoms with Crippen LogP contribution < -0.4 is 10.5 Å². The lowest BCUT2D eigenvalue weighted by Crippen LogP contribution is -2.15. The number of hydrogen-bond acceptors (Lipinski definition) is 4. The number of phenolic OH excluding ortho intramolecular Hbond substituents is 1. The van der Waals surface area contributed by atoms with Gasteiger partial charge in [0, 0.05) is 16.7 Å². The van der Waals surface area contributed by atoms with Crippen molar-refractivity contribution in [1.82, 2.24) is 0 Å². The molecule has 0 fully saturated rings. The first kappa shape index (κ1) is 16.4. The molecule has 0 amide bonds. The maximum absolute atomic E-state index is 9.56. The molecule has 0 heterocycles. The van der Waals surface area contributed by atoms with Crippen molar-refractivity contribution in [2.45, 2.75) is 0 Å². The van der Waals surface area contributed by atoms with Crippen LogP contribution in [0.2, 0.25) is 0 Å². The second kappa shape index (κ2) is 6.97. The summed E-state index contributed by atoms with van der Waals surface area (Å²) in [6.07, 6.45) is 0. The van der Waals surface area contributed by atoms with Crippen molar-refractivity contribution in [3.05, 3.63) is 72.3 Å². The molecule has 4 N–H and O–H groups in total. The lowest BCUT2D eigenvalue weighted by atomic mass is 9.89. The fraction of sp³-hybridized carbons (Fsp3) is 0.0500. The smallest absolute Gasteiger partial charge is 0.170 e. The van der Waals surface area contributed by atoms with Gasteiger partial charge in [0.25, 0.3) is 0 Å². The predicted molar refractivity (Wildman–Crippen MR) is 98.0 cm³/mol. The molecule has 0 aliphatic carbocycles. The van der Waals surface area contributed by atoms with Gasteiger partial charge in [-0.25, -0.2) is 0 Å². The number of nitrogens with two attached hydrogens (primary N) is 1. The number of rotatable bonds is 4. The highest BCUT2D eigenvalue weighted by atomic mass is 16.5. The van der Waals surface area contributed by atoms with Crippen LogP contribution in [0.5, 0.6) is 11.5 Å². The van der Waals surface area contributed by atoms with Crippen molar-refractivity contribution in [2.75, 3.05) is 7.11 Å². The zero-order valence-electron chi connectivity index (χ0n) is 13.7. The number of ether oxygens (including phenoxy) is 1. The molecule has 0 spiro atoms. The molecular weight excluding hydrogens is 316 g/mol. The molecular formula is C20H18N2O3. The van der Waals surface area contributed by atoms with E-state index in [1.807, 2.05) is 48.5 Å². The van der Waals surface area contributed by atoms with Crippen molar-refractivity contribution in [3.63, 3.8) is 0 Å². The highest BCUT2D eigenvalue weighted by molar-refractivity contribution is 6.07. The minimum absolute atomic E-state index is 0.0153. The van der Waals surface area contributed by atoms with Gasteiger partial charge in [0.1, 0.15) is 11.5 Å². The number of para-hydroxylation sites is 1. The Bertz CT molecular complexity index is 918. The standard InChI is InChI=1S/C20H18N2O3/c1-25-18-8-3-2-5-16(18)19-15(13-9-11-14(23)12-10-13)6-4-7-17(19)20(21)22-24/h2-12,23-24H,1H3,(H2,21,22). The molecule has 0 aromatic heterocycles. The van der Waals surface area contributed by atoms with E-state index in [0.717, 1.165) is 22.3 Å². The maximum Gasteiger partial charge on any atom is 0.170 e. The van der Waals surface area contributed by atoms with Gasteiger partial charge in [-0.1, -0.05) is 53.7 Å². The number of aromatic hydroxyl groups is 1. The largest absolute Gasteiger partial charge is 0.508 e. The van der Waals surface area contributed by atoms with Crippen molar-refractivity contribution in [3.8, 4) is 33.8 Å². The van der Waals surface area contributed by atoms with Gasteiger partial charge in [0.15, 0.2) is 5.84 Å². The van der Waals surface area contributed by atoms with Crippen LogP contribution in [0, 0.1) is 0 Å². The first-order chi connectivity index (χ1) is 12.2. The molecule has 3 aromatic rings. The average Bonchev–Trinajstić information content (AvgIpc) is 2.67. The van der Waals surface area contributed by atoms with Gasteiger partial charge in [0.05, 0.1) is 7.11 Å². The van der Waals surface area contributed by atoms with Gasteiger partial charge < -0.3 is 20.8 Å². The molecule has 0 radical (unpaired) electrons. The highest BCUT2D eigenvalue weighted by Crippen LogP contribution is 2.39. The van der Waals surface area contributed by atoms with E-state index in [2.05, 4.69) is 5.16 Å². The van der Waals surface area contributed by atoms with Crippen molar-refractivity contribution in [2.24, 2.45) is 10.9 Å². The third kappa shape index (κ3) is 3.12. The fourth-order valence-corrected chi connectivity index (χ4v) is 2.84. The summed E-state index contributed by atoms with van der Waals surface area (Å²) in [5.74, 6) is 0.887. The number of amidine groups is 1. The topological polar surface area (TPSA) is 88.1 Å². The third-order valence-electron chi connectivity index (χ3n) is 4.00. The Morgan fingerprint density at radius 3 is 2.28 bits per heavy atom. The fourth-order valence-electron chi connectivity index (χ4n) is 2.84. The van der Waals surface area contributed by atoms with Crippen molar-refractivity contribution >= 4 is 5.84 Å². The van der Waals surface area contributed by atoms with Gasteiger partial charge in [0.2, 0.25) is 0 Å². The van der Waals surface area contributed by atoms with Crippen LogP contribution >= 0.6 is 0 Å². The summed E-state index contributed by atoms with van der Waals surface area (Å²) in [5.41, 5.74) is 9.91. The molecule has 0 aliphatic rings. The molecule has 0 atom stereocenters. The van der Waals surface area contributed by atoms with Gasteiger partial charge >= 0.3 is 0 Å². The molecule has 3 aromatic carbocycles. The normalized spacial score (nSPS) is 11.3. The van der Waals surface area contributed by atoms with E-state index in [-0.39, 0.29) is 11.6 Å². The molecule has 0 saturated heterocycles. The number of benzene rings is 3. The summed E-state index contributed by atoms with van der Waals surface area (Å²) in [7, 11) is 1.60. The third-order valence-corrected chi connectivity index (χ3v) is 4.00. The van der Waals surface area contributed by atoms with Crippen LogP contribution in [0.15, 0.2) is 71.9 Å². The van der Waals surface area contributed by atoms with E-state index in [1.165, 1.54) is 0 Å². The molecule has 0 aliphatic heterocycles. The first-order valence-electron chi connectivity index (χ1n) is 7.69. The molecule has 5 heteroatoms. The zero-order valence-corrected chi connectivity index (χ0v) is 13.7. The lowest BCUT2D eigenvalue weighted by molar-refractivity contribution is 0.318. The van der Waals surface area contributed by atoms with E-state index in [1.54, 1.807) is 25.3 Å². The molecule has 0 saturated carbocycles. The number of oxime groups is 1. The van der Waals surface area contributed by atoms with Gasteiger partial charge in [-0.05, 0) is 29.3 Å². The molecule has 126 valence electrons. The van der Waals surface area contributed by atoms with E-state index in [9.17, 15) is 10.3 Å². The maximum atomic E-state index is 9.56. The van der Waals surface area contributed by atoms with Crippen molar-refractivity contribution in [1.29, 1.82) is 0 Å². The number of methoxy groups -OCH3 is 1. The zero-order chi connectivity index (χ0) is 17.8. The second-order valence-electron chi connectivity index (χ2n) is 5.46. The average molecular weight is 334 g/mol. The quantitative estimate of drug-likeness (QED) is 0.293.